The van der Waals surface area contributed by atoms with Crippen LogP contribution in [0.2, 0.25) is 0 Å². The maximum absolute atomic E-state index is 3.67. The van der Waals surface area contributed by atoms with Crippen molar-refractivity contribution in [1.29, 1.82) is 0 Å². The molecule has 0 fully saturated rings. The van der Waals surface area contributed by atoms with Crippen LogP contribution in [0.4, 0.5) is 0 Å². The maximum Gasteiger partial charge on any atom is 0.00791 e. The Morgan fingerprint density at radius 3 is 1.24 bits per heavy atom. The molecule has 0 aliphatic rings. The minimum atomic E-state index is 0.564. The van der Waals surface area contributed by atoms with Crippen LogP contribution < -0.4 is 10.6 Å². The van der Waals surface area contributed by atoms with E-state index in [4.69, 9.17) is 0 Å². The summed E-state index contributed by atoms with van der Waals surface area (Å²) in [6, 6.07) is 22.7. The van der Waals surface area contributed by atoms with Crippen molar-refractivity contribution in [3.63, 3.8) is 0 Å². The van der Waals surface area contributed by atoms with Gasteiger partial charge in [0.15, 0.2) is 0 Å². The smallest absolute Gasteiger partial charge is 0.00791 e. The van der Waals surface area contributed by atoms with Crippen LogP contribution >= 0.6 is 0 Å². The summed E-state index contributed by atoms with van der Waals surface area (Å²) in [6.45, 7) is 6.89. The van der Waals surface area contributed by atoms with Gasteiger partial charge in [0.2, 0.25) is 0 Å². The van der Waals surface area contributed by atoms with E-state index in [9.17, 15) is 0 Å². The molecule has 2 aromatic rings. The molecule has 2 N–H and O–H groups in total. The number of nitrogens with one attached hydrogen (secondary N) is 2. The Balaban J connectivity index is 1.34. The predicted molar refractivity (Wildman–Crippen MR) is 128 cm³/mol. The molecule has 0 saturated heterocycles. The Kier molecular flexibility index (Phi) is 12.4. The van der Waals surface area contributed by atoms with Gasteiger partial charge in [-0.1, -0.05) is 92.8 Å². The number of hydrogen-bond donors (Lipinski definition) is 2. The van der Waals surface area contributed by atoms with Crippen molar-refractivity contribution < 1.29 is 0 Å². The largest absolute Gasteiger partial charge is 0.314 e. The van der Waals surface area contributed by atoms with Crippen molar-refractivity contribution in [3.05, 3.63) is 71.8 Å². The van der Waals surface area contributed by atoms with E-state index >= 15 is 0 Å². The summed E-state index contributed by atoms with van der Waals surface area (Å²) >= 11 is 0. The van der Waals surface area contributed by atoms with E-state index in [1.165, 1.54) is 56.1 Å². The molecule has 0 aliphatic carbocycles. The van der Waals surface area contributed by atoms with Crippen LogP contribution in [0.5, 0.6) is 0 Å². The van der Waals surface area contributed by atoms with Crippen molar-refractivity contribution >= 4 is 0 Å². The van der Waals surface area contributed by atoms with Crippen molar-refractivity contribution in [2.24, 2.45) is 0 Å². The minimum absolute atomic E-state index is 0.564. The lowest BCUT2D eigenvalue weighted by Crippen LogP contribution is -2.29. The molecule has 0 amide bonds. The molecule has 2 atom stereocenters. The van der Waals surface area contributed by atoms with E-state index in [2.05, 4.69) is 85.1 Å². The van der Waals surface area contributed by atoms with Gasteiger partial charge in [0.05, 0.1) is 0 Å². The molecule has 0 saturated carbocycles. The average molecular weight is 395 g/mol. The van der Waals surface area contributed by atoms with Gasteiger partial charge < -0.3 is 10.6 Å². The van der Waals surface area contributed by atoms with E-state index in [0.717, 1.165) is 25.9 Å². The molecular formula is C27H42N2. The van der Waals surface area contributed by atoms with Gasteiger partial charge in [-0.15, -0.1) is 0 Å². The summed E-state index contributed by atoms with van der Waals surface area (Å²) in [5, 5.41) is 7.34. The van der Waals surface area contributed by atoms with E-state index < -0.39 is 0 Å². The van der Waals surface area contributed by atoms with Gasteiger partial charge in [0.25, 0.3) is 0 Å². The molecule has 0 aromatic heterocycles. The molecular weight excluding hydrogens is 352 g/mol. The number of hydrogen-bond acceptors (Lipinski definition) is 2. The molecule has 2 heteroatoms. The summed E-state index contributed by atoms with van der Waals surface area (Å²) < 4.78 is 0. The number of unbranched alkanes of at least 4 members (excludes halogenated alkanes) is 6. The Labute approximate surface area is 179 Å². The van der Waals surface area contributed by atoms with Gasteiger partial charge in [-0.2, -0.15) is 0 Å². The third kappa shape index (κ3) is 11.8. The van der Waals surface area contributed by atoms with Crippen molar-refractivity contribution in [1.82, 2.24) is 10.6 Å². The monoisotopic (exact) mass is 394 g/mol. The fraction of sp³-hybridized carbons (Fsp3) is 0.556. The summed E-state index contributed by atoms with van der Waals surface area (Å²) in [5.41, 5.74) is 2.85. The molecule has 0 unspecified atom stereocenters. The van der Waals surface area contributed by atoms with Gasteiger partial charge in [-0.05, 0) is 63.7 Å². The van der Waals surface area contributed by atoms with Gasteiger partial charge in [0, 0.05) is 12.1 Å². The van der Waals surface area contributed by atoms with Crippen molar-refractivity contribution in [2.75, 3.05) is 13.1 Å². The molecule has 0 heterocycles. The van der Waals surface area contributed by atoms with Crippen LogP contribution in [0, 0.1) is 0 Å². The normalized spacial score (nSPS) is 13.3. The first-order valence-corrected chi connectivity index (χ1v) is 11.8. The zero-order valence-corrected chi connectivity index (χ0v) is 18.7. The van der Waals surface area contributed by atoms with E-state index in [1.807, 2.05) is 0 Å². The molecule has 0 radical (unpaired) electrons. The Morgan fingerprint density at radius 1 is 0.517 bits per heavy atom. The second kappa shape index (κ2) is 15.2. The van der Waals surface area contributed by atoms with Gasteiger partial charge in [-0.25, -0.2) is 0 Å². The highest BCUT2D eigenvalue weighted by Gasteiger charge is 2.03. The van der Waals surface area contributed by atoms with E-state index in [-0.39, 0.29) is 0 Å². The summed E-state index contributed by atoms with van der Waals surface area (Å²) in [5.74, 6) is 0. The lowest BCUT2D eigenvalue weighted by Gasteiger charge is -2.14. The molecule has 2 aromatic carbocycles. The molecule has 160 valence electrons. The first-order valence-electron chi connectivity index (χ1n) is 11.8. The van der Waals surface area contributed by atoms with Crippen molar-refractivity contribution in [2.45, 2.75) is 83.7 Å². The van der Waals surface area contributed by atoms with Crippen LogP contribution in [0.15, 0.2) is 60.7 Å². The molecule has 2 nitrogen and oxygen atoms in total. The lowest BCUT2D eigenvalue weighted by molar-refractivity contribution is 0.496. The van der Waals surface area contributed by atoms with Gasteiger partial charge in [0.1, 0.15) is 0 Å². The zero-order valence-electron chi connectivity index (χ0n) is 18.7. The summed E-state index contributed by atoms with van der Waals surface area (Å²) in [7, 11) is 0. The summed E-state index contributed by atoms with van der Waals surface area (Å²) in [4.78, 5) is 0. The van der Waals surface area contributed by atoms with Crippen LogP contribution in [-0.4, -0.2) is 25.2 Å². The highest BCUT2D eigenvalue weighted by atomic mass is 14.9. The summed E-state index contributed by atoms with van der Waals surface area (Å²) in [6.07, 6.45) is 11.7. The van der Waals surface area contributed by atoms with Crippen LogP contribution in [-0.2, 0) is 12.8 Å². The SMILES string of the molecule is C[C@H](Cc1ccccc1)NCCCCCCCCCN[C@H](C)Cc1ccccc1. The third-order valence-corrected chi connectivity index (χ3v) is 5.61. The van der Waals surface area contributed by atoms with E-state index in [1.54, 1.807) is 0 Å². The zero-order chi connectivity index (χ0) is 20.6. The quantitative estimate of drug-likeness (QED) is 0.333. The highest BCUT2D eigenvalue weighted by molar-refractivity contribution is 5.16. The second-order valence-electron chi connectivity index (χ2n) is 8.56. The lowest BCUT2D eigenvalue weighted by atomic mass is 10.1. The number of rotatable bonds is 16. The van der Waals surface area contributed by atoms with Gasteiger partial charge in [-0.3, -0.25) is 0 Å². The van der Waals surface area contributed by atoms with Crippen molar-refractivity contribution in [3.8, 4) is 0 Å². The minimum Gasteiger partial charge on any atom is -0.314 e. The Bertz CT molecular complexity index is 555. The Hall–Kier alpha value is -1.64. The highest BCUT2D eigenvalue weighted by Crippen LogP contribution is 2.08. The fourth-order valence-electron chi connectivity index (χ4n) is 3.91. The van der Waals surface area contributed by atoms with Crippen LogP contribution in [0.3, 0.4) is 0 Å². The first-order chi connectivity index (χ1) is 14.2. The fourth-order valence-corrected chi connectivity index (χ4v) is 3.91. The predicted octanol–water partition coefficient (Wildman–Crippen LogP) is 6.16. The van der Waals surface area contributed by atoms with Crippen LogP contribution in [0.1, 0.15) is 69.9 Å². The molecule has 2 rings (SSSR count). The number of benzene rings is 2. The third-order valence-electron chi connectivity index (χ3n) is 5.61. The molecule has 29 heavy (non-hydrogen) atoms. The van der Waals surface area contributed by atoms with Gasteiger partial charge >= 0.3 is 0 Å². The first kappa shape index (κ1) is 23.6. The molecule has 0 bridgehead atoms. The average Bonchev–Trinajstić information content (AvgIpc) is 2.73. The van der Waals surface area contributed by atoms with E-state index in [0.29, 0.717) is 12.1 Å². The molecule has 0 aliphatic heterocycles. The van der Waals surface area contributed by atoms with Crippen LogP contribution in [0.25, 0.3) is 0 Å². The Morgan fingerprint density at radius 2 is 0.862 bits per heavy atom. The maximum atomic E-state index is 3.67. The standard InChI is InChI=1S/C27H42N2/c1-24(22-26-16-10-8-11-17-26)28-20-14-6-4-3-5-7-15-21-29-25(2)23-27-18-12-9-13-19-27/h8-13,16-19,24-25,28-29H,3-7,14-15,20-23H2,1-2H3/t24-,25-/m1/s1. The second-order valence-corrected chi connectivity index (χ2v) is 8.56. The topological polar surface area (TPSA) is 24.1 Å². The molecule has 0 spiro atoms.